The summed E-state index contributed by atoms with van der Waals surface area (Å²) in [7, 11) is 0. The van der Waals surface area contributed by atoms with Gasteiger partial charge in [0.05, 0.1) is 30.8 Å². The van der Waals surface area contributed by atoms with Crippen LogP contribution in [-0.4, -0.2) is 55.8 Å². The van der Waals surface area contributed by atoms with E-state index in [2.05, 4.69) is 30.1 Å². The highest BCUT2D eigenvalue weighted by molar-refractivity contribution is 7.12. The molecule has 1 amide bonds. The molecular weight excluding hydrogens is 396 g/mol. The SMILES string of the molecule is CCc1cc2c(s1)CCO[C@@]21CCN(CC2CC(NC(=O)C3(C)COC3)C2)[C@@H](C)C1. The molecule has 166 valence electrons. The Morgan fingerprint density at radius 2 is 2.17 bits per heavy atom. The first-order valence-electron chi connectivity index (χ1n) is 11.8. The van der Waals surface area contributed by atoms with Gasteiger partial charge in [-0.25, -0.2) is 0 Å². The van der Waals surface area contributed by atoms with E-state index in [1.54, 1.807) is 4.88 Å². The fourth-order valence-electron chi connectivity index (χ4n) is 5.78. The second kappa shape index (κ2) is 7.88. The second-order valence-electron chi connectivity index (χ2n) is 10.4. The van der Waals surface area contributed by atoms with E-state index in [4.69, 9.17) is 9.47 Å². The maximum atomic E-state index is 12.4. The first-order chi connectivity index (χ1) is 14.4. The molecule has 0 bridgehead atoms. The third-order valence-corrected chi connectivity index (χ3v) is 9.25. The number of nitrogens with zero attached hydrogens (tertiary/aromatic N) is 1. The highest BCUT2D eigenvalue weighted by Gasteiger charge is 2.46. The standard InChI is InChI=1S/C24H36N2O3S/c1-4-19-11-20-21(30-19)5-8-29-24(20)6-7-26(16(2)12-24)13-17-9-18(10-17)25-22(27)23(3)14-28-15-23/h11,16-18H,4-10,12-15H2,1-3H3,(H,25,27)/t16-,17?,18?,24+/m0/s1. The van der Waals surface area contributed by atoms with Crippen LogP contribution in [0.1, 0.15) is 61.8 Å². The van der Waals surface area contributed by atoms with Crippen LogP contribution in [0.4, 0.5) is 0 Å². The van der Waals surface area contributed by atoms with Gasteiger partial charge in [0.2, 0.25) is 5.91 Å². The number of thiophene rings is 1. The Balaban J connectivity index is 1.14. The Morgan fingerprint density at radius 3 is 2.83 bits per heavy atom. The smallest absolute Gasteiger partial charge is 0.230 e. The third-order valence-electron chi connectivity index (χ3n) is 7.91. The van der Waals surface area contributed by atoms with Crippen molar-refractivity contribution in [1.29, 1.82) is 0 Å². The van der Waals surface area contributed by atoms with E-state index in [0.717, 1.165) is 58.2 Å². The van der Waals surface area contributed by atoms with Gasteiger partial charge in [0, 0.05) is 41.3 Å². The number of aryl methyl sites for hydroxylation is 1. The normalized spacial score (nSPS) is 35.4. The third kappa shape index (κ3) is 3.64. The predicted octanol–water partition coefficient (Wildman–Crippen LogP) is 3.49. The first kappa shape index (κ1) is 20.9. The minimum Gasteiger partial charge on any atom is -0.379 e. The van der Waals surface area contributed by atoms with E-state index in [1.165, 1.54) is 10.4 Å². The summed E-state index contributed by atoms with van der Waals surface area (Å²) in [5.74, 6) is 0.880. The van der Waals surface area contributed by atoms with Gasteiger partial charge < -0.3 is 19.7 Å². The van der Waals surface area contributed by atoms with E-state index >= 15 is 0 Å². The van der Waals surface area contributed by atoms with Crippen molar-refractivity contribution in [2.45, 2.75) is 77.0 Å². The summed E-state index contributed by atoms with van der Waals surface area (Å²) in [4.78, 5) is 18.1. The number of ether oxygens (including phenoxy) is 2. The van der Waals surface area contributed by atoms with Gasteiger partial charge in [-0.1, -0.05) is 6.92 Å². The van der Waals surface area contributed by atoms with E-state index < -0.39 is 0 Å². The van der Waals surface area contributed by atoms with Crippen molar-refractivity contribution in [2.24, 2.45) is 11.3 Å². The van der Waals surface area contributed by atoms with Gasteiger partial charge in [-0.2, -0.15) is 0 Å². The maximum Gasteiger partial charge on any atom is 0.230 e. The lowest BCUT2D eigenvalue weighted by Gasteiger charge is -2.49. The highest BCUT2D eigenvalue weighted by atomic mass is 32.1. The number of rotatable bonds is 5. The van der Waals surface area contributed by atoms with Crippen LogP contribution in [0, 0.1) is 11.3 Å². The van der Waals surface area contributed by atoms with Crippen molar-refractivity contribution in [1.82, 2.24) is 10.2 Å². The van der Waals surface area contributed by atoms with Crippen LogP contribution in [0.3, 0.4) is 0 Å². The topological polar surface area (TPSA) is 50.8 Å². The van der Waals surface area contributed by atoms with Gasteiger partial charge in [0.15, 0.2) is 0 Å². The lowest BCUT2D eigenvalue weighted by Crippen LogP contribution is -2.58. The van der Waals surface area contributed by atoms with E-state index in [0.29, 0.717) is 31.2 Å². The van der Waals surface area contributed by atoms with Gasteiger partial charge in [0.1, 0.15) is 0 Å². The molecule has 3 aliphatic heterocycles. The number of fused-ring (bicyclic) bond motifs is 2. The Morgan fingerprint density at radius 1 is 1.37 bits per heavy atom. The number of hydrogen-bond acceptors (Lipinski definition) is 5. The van der Waals surface area contributed by atoms with Gasteiger partial charge >= 0.3 is 0 Å². The molecule has 1 spiro atoms. The van der Waals surface area contributed by atoms with Gasteiger partial charge in [0.25, 0.3) is 0 Å². The molecule has 1 aliphatic carbocycles. The number of nitrogens with one attached hydrogen (secondary N) is 1. The minimum absolute atomic E-state index is 0.0518. The summed E-state index contributed by atoms with van der Waals surface area (Å²) in [6.45, 7) is 10.9. The fourth-order valence-corrected chi connectivity index (χ4v) is 6.96. The lowest BCUT2D eigenvalue weighted by molar-refractivity contribution is -0.159. The van der Waals surface area contributed by atoms with Crippen LogP contribution in [0.2, 0.25) is 0 Å². The van der Waals surface area contributed by atoms with E-state index in [-0.39, 0.29) is 16.9 Å². The van der Waals surface area contributed by atoms with Crippen molar-refractivity contribution in [2.75, 3.05) is 32.9 Å². The monoisotopic (exact) mass is 432 g/mol. The molecule has 1 saturated carbocycles. The molecule has 2 atom stereocenters. The summed E-state index contributed by atoms with van der Waals surface area (Å²) < 4.78 is 11.7. The quantitative estimate of drug-likeness (QED) is 0.774. The number of amides is 1. The molecule has 6 heteroatoms. The molecule has 3 fully saturated rings. The second-order valence-corrected chi connectivity index (χ2v) is 11.6. The number of carbonyl (C=O) groups is 1. The highest BCUT2D eigenvalue weighted by Crippen LogP contribution is 2.46. The van der Waals surface area contributed by atoms with Crippen LogP contribution < -0.4 is 5.32 Å². The number of likely N-dealkylation sites (tertiary alicyclic amines) is 1. The Hall–Kier alpha value is -0.950. The molecular formula is C24H36N2O3S. The van der Waals surface area contributed by atoms with E-state index in [1.807, 2.05) is 18.3 Å². The van der Waals surface area contributed by atoms with Crippen molar-refractivity contribution in [3.8, 4) is 0 Å². The van der Waals surface area contributed by atoms with Crippen molar-refractivity contribution in [3.05, 3.63) is 21.4 Å². The molecule has 5 rings (SSSR count). The molecule has 1 N–H and O–H groups in total. The van der Waals surface area contributed by atoms with Gasteiger partial charge in [-0.3, -0.25) is 4.79 Å². The molecule has 5 nitrogen and oxygen atoms in total. The number of piperidine rings is 1. The number of carbonyl (C=O) groups excluding carboxylic acids is 1. The minimum atomic E-state index is -0.293. The van der Waals surface area contributed by atoms with Crippen LogP contribution >= 0.6 is 11.3 Å². The van der Waals surface area contributed by atoms with Crippen LogP contribution in [-0.2, 0) is 32.7 Å². The van der Waals surface area contributed by atoms with Crippen molar-refractivity contribution < 1.29 is 14.3 Å². The summed E-state index contributed by atoms with van der Waals surface area (Å²) in [6, 6.07) is 3.33. The summed E-state index contributed by atoms with van der Waals surface area (Å²) >= 11 is 2.00. The zero-order valence-electron chi connectivity index (χ0n) is 18.7. The summed E-state index contributed by atoms with van der Waals surface area (Å²) in [5, 5.41) is 3.25. The number of hydrogen-bond donors (Lipinski definition) is 1. The molecule has 0 unspecified atom stereocenters. The van der Waals surface area contributed by atoms with Gasteiger partial charge in [-0.15, -0.1) is 11.3 Å². The molecule has 2 saturated heterocycles. The Kier molecular flexibility index (Phi) is 5.49. The van der Waals surface area contributed by atoms with Crippen LogP contribution in [0.25, 0.3) is 0 Å². The predicted molar refractivity (Wildman–Crippen MR) is 119 cm³/mol. The van der Waals surface area contributed by atoms with Crippen molar-refractivity contribution in [3.63, 3.8) is 0 Å². The Labute approximate surface area is 184 Å². The average Bonchev–Trinajstić information content (AvgIpc) is 3.11. The molecule has 0 aromatic carbocycles. The molecule has 30 heavy (non-hydrogen) atoms. The summed E-state index contributed by atoms with van der Waals surface area (Å²) in [6.07, 6.45) is 6.64. The zero-order chi connectivity index (χ0) is 20.9. The molecule has 1 aromatic heterocycles. The molecule has 4 heterocycles. The maximum absolute atomic E-state index is 12.4. The van der Waals surface area contributed by atoms with E-state index in [9.17, 15) is 4.79 Å². The first-order valence-corrected chi connectivity index (χ1v) is 12.6. The van der Waals surface area contributed by atoms with Crippen molar-refractivity contribution >= 4 is 17.2 Å². The molecule has 1 aromatic rings. The Bertz CT molecular complexity index is 798. The van der Waals surface area contributed by atoms with Gasteiger partial charge in [-0.05, 0) is 63.5 Å². The molecule has 4 aliphatic rings. The van der Waals surface area contributed by atoms with Crippen LogP contribution in [0.5, 0.6) is 0 Å². The summed E-state index contributed by atoms with van der Waals surface area (Å²) in [5.41, 5.74) is 1.16. The fraction of sp³-hybridized carbons (Fsp3) is 0.792. The molecule has 0 radical (unpaired) electrons. The average molecular weight is 433 g/mol. The zero-order valence-corrected chi connectivity index (χ0v) is 19.5. The largest absolute Gasteiger partial charge is 0.379 e. The lowest BCUT2D eigenvalue weighted by atomic mass is 9.76. The van der Waals surface area contributed by atoms with Crippen LogP contribution in [0.15, 0.2) is 6.07 Å².